The maximum atomic E-state index is 13.6. The fraction of sp³-hybridized carbons (Fsp3) is 0.500. The van der Waals surface area contributed by atoms with E-state index in [0.717, 1.165) is 52.9 Å². The number of aryl methyl sites for hydroxylation is 1. The second-order valence-electron chi connectivity index (χ2n) is 10.7. The largest absolute Gasteiger partial charge is 0.462 e. The van der Waals surface area contributed by atoms with Crippen LogP contribution in [0.4, 0.5) is 0 Å². The summed E-state index contributed by atoms with van der Waals surface area (Å²) in [6.07, 6.45) is 5.59. The molecule has 3 aromatic rings. The molecule has 4 rings (SSSR count). The number of ether oxygens (including phenoxy) is 1. The Morgan fingerprint density at radius 2 is 1.82 bits per heavy atom. The Morgan fingerprint density at radius 3 is 2.47 bits per heavy atom. The van der Waals surface area contributed by atoms with Gasteiger partial charge in [0.25, 0.3) is 11.5 Å². The van der Waals surface area contributed by atoms with E-state index in [0.29, 0.717) is 17.0 Å². The Labute approximate surface area is 228 Å². The van der Waals surface area contributed by atoms with Crippen molar-refractivity contribution in [2.24, 2.45) is 11.8 Å². The molecule has 0 spiro atoms. The number of para-hydroxylation sites is 1. The van der Waals surface area contributed by atoms with E-state index in [9.17, 15) is 14.4 Å². The summed E-state index contributed by atoms with van der Waals surface area (Å²) in [6, 6.07) is 10.2. The van der Waals surface area contributed by atoms with Crippen LogP contribution in [0.5, 0.6) is 0 Å². The van der Waals surface area contributed by atoms with Crippen LogP contribution in [0.3, 0.4) is 0 Å². The van der Waals surface area contributed by atoms with E-state index in [1.54, 1.807) is 0 Å². The predicted octanol–water partition coefficient (Wildman–Crippen LogP) is 5.92. The first kappa shape index (κ1) is 28.0. The second kappa shape index (κ2) is 11.8. The monoisotopic (exact) mass is 537 g/mol. The fourth-order valence-electron chi connectivity index (χ4n) is 5.70. The molecule has 1 unspecified atom stereocenters. The quantitative estimate of drug-likeness (QED) is 0.275. The molecule has 0 bridgehead atoms. The Balaban J connectivity index is 1.55. The molecule has 1 aliphatic rings. The number of benzene rings is 1. The molecule has 1 fully saturated rings. The van der Waals surface area contributed by atoms with Crippen LogP contribution in [-0.4, -0.2) is 33.8 Å². The van der Waals surface area contributed by atoms with Crippen LogP contribution in [0.1, 0.15) is 79.8 Å². The smallest absolute Gasteiger partial charge is 0.308 e. The summed E-state index contributed by atoms with van der Waals surface area (Å²) >= 11 is 1.50. The number of aromatic amines is 1. The van der Waals surface area contributed by atoms with Crippen LogP contribution in [0, 0.1) is 25.7 Å². The normalized spacial score (nSPS) is 18.5. The number of amides is 1. The average Bonchev–Trinajstić information content (AvgIpc) is 3.19. The number of thioether (sulfide) groups is 1. The van der Waals surface area contributed by atoms with Crippen molar-refractivity contribution in [2.75, 3.05) is 6.26 Å². The van der Waals surface area contributed by atoms with E-state index in [4.69, 9.17) is 4.74 Å². The molecule has 0 saturated heterocycles. The molecule has 7 nitrogen and oxygen atoms in total. The maximum Gasteiger partial charge on any atom is 0.308 e. The Bertz CT molecular complexity index is 1380. The minimum atomic E-state index is -0.180. The van der Waals surface area contributed by atoms with E-state index in [1.807, 2.05) is 58.2 Å². The molecule has 2 aromatic heterocycles. The van der Waals surface area contributed by atoms with Crippen LogP contribution < -0.4 is 10.9 Å². The molecular formula is C30H39N3O4S. The topological polar surface area (TPSA) is 93.2 Å². The van der Waals surface area contributed by atoms with Gasteiger partial charge in [-0.15, -0.1) is 11.8 Å². The summed E-state index contributed by atoms with van der Waals surface area (Å²) in [6.45, 7) is 9.98. The third-order valence-electron chi connectivity index (χ3n) is 7.82. The molecule has 8 heteroatoms. The van der Waals surface area contributed by atoms with Gasteiger partial charge in [-0.3, -0.25) is 14.4 Å². The third kappa shape index (κ3) is 5.70. The Kier molecular flexibility index (Phi) is 8.71. The summed E-state index contributed by atoms with van der Waals surface area (Å²) < 4.78 is 7.98. The molecule has 1 atom stereocenters. The van der Waals surface area contributed by atoms with Crippen molar-refractivity contribution in [3.05, 3.63) is 63.2 Å². The lowest BCUT2D eigenvalue weighted by Gasteiger charge is -2.34. The number of esters is 1. The van der Waals surface area contributed by atoms with Gasteiger partial charge in [0.15, 0.2) is 0 Å². The van der Waals surface area contributed by atoms with Gasteiger partial charge in [-0.25, -0.2) is 0 Å². The highest BCUT2D eigenvalue weighted by Crippen LogP contribution is 2.38. The maximum absolute atomic E-state index is 13.6. The van der Waals surface area contributed by atoms with Gasteiger partial charge < -0.3 is 19.6 Å². The minimum absolute atomic E-state index is 0.00621. The molecule has 0 aliphatic heterocycles. The number of fused-ring (bicyclic) bond motifs is 1. The number of hydrogen-bond acceptors (Lipinski definition) is 5. The van der Waals surface area contributed by atoms with Gasteiger partial charge in [-0.1, -0.05) is 32.0 Å². The summed E-state index contributed by atoms with van der Waals surface area (Å²) in [4.78, 5) is 41.9. The number of hydrogen-bond donors (Lipinski definition) is 2. The lowest BCUT2D eigenvalue weighted by molar-refractivity contribution is -0.154. The molecule has 1 amide bonds. The summed E-state index contributed by atoms with van der Waals surface area (Å²) in [5.74, 6) is 0.00845. The van der Waals surface area contributed by atoms with E-state index in [-0.39, 0.29) is 42.0 Å². The number of nitrogens with one attached hydrogen (secondary N) is 2. The zero-order valence-electron chi connectivity index (χ0n) is 23.2. The first-order chi connectivity index (χ1) is 18.1. The van der Waals surface area contributed by atoms with Crippen LogP contribution in [0.2, 0.25) is 0 Å². The Hall–Kier alpha value is -3.00. The summed E-state index contributed by atoms with van der Waals surface area (Å²) in [7, 11) is 0. The van der Waals surface area contributed by atoms with Crippen molar-refractivity contribution in [3.8, 4) is 0 Å². The molecule has 1 saturated carbocycles. The highest BCUT2D eigenvalue weighted by molar-refractivity contribution is 7.98. The number of pyridine rings is 1. The highest BCUT2D eigenvalue weighted by Gasteiger charge is 2.31. The first-order valence-electron chi connectivity index (χ1n) is 13.5. The fourth-order valence-corrected chi connectivity index (χ4v) is 6.40. The molecule has 204 valence electrons. The number of carbonyl (C=O) groups excluding carboxylic acids is 2. The number of H-pyrrole nitrogens is 1. The van der Waals surface area contributed by atoms with E-state index in [1.165, 1.54) is 11.8 Å². The van der Waals surface area contributed by atoms with Gasteiger partial charge in [0.1, 0.15) is 6.10 Å². The average molecular weight is 538 g/mol. The number of rotatable bonds is 8. The van der Waals surface area contributed by atoms with Crippen LogP contribution in [0.15, 0.2) is 40.0 Å². The molecule has 1 aromatic carbocycles. The standard InChI is InChI=1S/C30H39N3O4S/c1-17(2)30(36)37-22-13-11-21(12-14-22)19(4)33-20(5)27(23-9-7-8-10-25(23)33)29(35)31-16-24-26(38-6)15-18(3)32-28(24)34/h7-10,15,17,19,21-22H,11-14,16H2,1-6H3,(H,31,35)(H,32,34). The van der Waals surface area contributed by atoms with E-state index in [2.05, 4.69) is 27.9 Å². The van der Waals surface area contributed by atoms with Gasteiger partial charge in [0, 0.05) is 45.3 Å². The number of aromatic nitrogens is 2. The van der Waals surface area contributed by atoms with E-state index >= 15 is 0 Å². The van der Waals surface area contributed by atoms with Crippen LogP contribution in [0.25, 0.3) is 10.9 Å². The van der Waals surface area contributed by atoms with Gasteiger partial charge in [0.05, 0.1) is 11.5 Å². The van der Waals surface area contributed by atoms with Crippen molar-refractivity contribution < 1.29 is 14.3 Å². The van der Waals surface area contributed by atoms with Crippen molar-refractivity contribution in [1.29, 1.82) is 0 Å². The van der Waals surface area contributed by atoms with Gasteiger partial charge in [0.2, 0.25) is 0 Å². The predicted molar refractivity (Wildman–Crippen MR) is 153 cm³/mol. The Morgan fingerprint density at radius 1 is 1.13 bits per heavy atom. The second-order valence-corrected chi connectivity index (χ2v) is 11.6. The van der Waals surface area contributed by atoms with Gasteiger partial charge in [-0.2, -0.15) is 0 Å². The first-order valence-corrected chi connectivity index (χ1v) is 14.7. The summed E-state index contributed by atoms with van der Waals surface area (Å²) in [5, 5.41) is 3.93. The van der Waals surface area contributed by atoms with E-state index < -0.39 is 0 Å². The van der Waals surface area contributed by atoms with Crippen molar-refractivity contribution in [1.82, 2.24) is 14.9 Å². The molecule has 1 aliphatic carbocycles. The van der Waals surface area contributed by atoms with Crippen molar-refractivity contribution in [2.45, 2.75) is 83.9 Å². The summed E-state index contributed by atoms with van der Waals surface area (Å²) in [5.41, 5.74) is 3.82. The number of nitrogens with zero attached hydrogens (tertiary/aromatic N) is 1. The molecule has 2 N–H and O–H groups in total. The van der Waals surface area contributed by atoms with Crippen molar-refractivity contribution >= 4 is 34.5 Å². The number of carbonyl (C=O) groups is 2. The zero-order valence-corrected chi connectivity index (χ0v) is 24.0. The molecule has 38 heavy (non-hydrogen) atoms. The van der Waals surface area contributed by atoms with Crippen LogP contribution >= 0.6 is 11.8 Å². The third-order valence-corrected chi connectivity index (χ3v) is 8.63. The van der Waals surface area contributed by atoms with Gasteiger partial charge in [-0.05, 0) is 70.8 Å². The SMILES string of the molecule is CSc1cc(C)[nH]c(=O)c1CNC(=O)c1c(C)n(C(C)C2CCC(OC(=O)C(C)C)CC2)c2ccccc12. The van der Waals surface area contributed by atoms with Crippen molar-refractivity contribution in [3.63, 3.8) is 0 Å². The van der Waals surface area contributed by atoms with Gasteiger partial charge >= 0.3 is 5.97 Å². The molecule has 0 radical (unpaired) electrons. The lowest BCUT2D eigenvalue weighted by Crippen LogP contribution is -2.30. The molecular weight excluding hydrogens is 498 g/mol. The zero-order chi connectivity index (χ0) is 27.6. The lowest BCUT2D eigenvalue weighted by atomic mass is 9.83. The molecule has 2 heterocycles. The minimum Gasteiger partial charge on any atom is -0.462 e. The van der Waals surface area contributed by atoms with Crippen LogP contribution in [-0.2, 0) is 16.1 Å². The highest BCUT2D eigenvalue weighted by atomic mass is 32.2.